The first-order valence-electron chi connectivity index (χ1n) is 11.1. The molecule has 0 aliphatic rings. The van der Waals surface area contributed by atoms with Gasteiger partial charge in [-0.1, -0.05) is 52.8 Å². The normalized spacial score (nSPS) is 17.4. The van der Waals surface area contributed by atoms with Gasteiger partial charge in [0.25, 0.3) is 0 Å². The van der Waals surface area contributed by atoms with Crippen LogP contribution in [0.5, 0.6) is 0 Å². The van der Waals surface area contributed by atoms with Gasteiger partial charge in [-0.25, -0.2) is 4.39 Å². The van der Waals surface area contributed by atoms with E-state index < -0.39 is 5.67 Å². The molecule has 0 aliphatic carbocycles. The third kappa shape index (κ3) is 7.79. The molecular formula is C26H42FNO2. The summed E-state index contributed by atoms with van der Waals surface area (Å²) in [6.45, 7) is 22.1. The zero-order chi connectivity index (χ0) is 23.1. The molecule has 0 aromatic carbocycles. The summed E-state index contributed by atoms with van der Waals surface area (Å²) in [5.41, 5.74) is 1.08. The molecule has 0 saturated carbocycles. The van der Waals surface area contributed by atoms with Gasteiger partial charge in [-0.3, -0.25) is 0 Å². The number of alkyl halides is 1. The molecule has 1 N–H and O–H groups in total. The van der Waals surface area contributed by atoms with Crippen LogP contribution in [-0.2, 0) is 10.2 Å². The molecule has 0 bridgehead atoms. The van der Waals surface area contributed by atoms with Gasteiger partial charge in [-0.2, -0.15) is 0 Å². The van der Waals surface area contributed by atoms with E-state index in [1.54, 1.807) is 13.0 Å². The van der Waals surface area contributed by atoms with Crippen LogP contribution in [0.15, 0.2) is 46.6 Å². The van der Waals surface area contributed by atoms with Gasteiger partial charge >= 0.3 is 0 Å². The third-order valence-corrected chi connectivity index (χ3v) is 5.57. The van der Waals surface area contributed by atoms with E-state index in [1.807, 2.05) is 26.0 Å². The minimum absolute atomic E-state index is 0.0117. The number of hydrogen-bond donors (Lipinski definition) is 1. The van der Waals surface area contributed by atoms with Gasteiger partial charge in [-0.15, -0.1) is 0 Å². The number of allylic oxidation sites excluding steroid dienone is 3. The molecule has 0 spiro atoms. The Kier molecular flexibility index (Phi) is 9.61. The molecule has 1 heterocycles. The van der Waals surface area contributed by atoms with Crippen LogP contribution in [-0.4, -0.2) is 18.3 Å². The number of furan rings is 1. The first-order chi connectivity index (χ1) is 13.8. The number of halogens is 1. The molecule has 30 heavy (non-hydrogen) atoms. The van der Waals surface area contributed by atoms with Crippen LogP contribution in [0.3, 0.4) is 0 Å². The van der Waals surface area contributed by atoms with Crippen molar-refractivity contribution in [1.82, 2.24) is 5.32 Å². The maximum absolute atomic E-state index is 14.1. The number of nitrogens with one attached hydrogen (secondary N) is 1. The lowest BCUT2D eigenvalue weighted by molar-refractivity contribution is 0.0637. The number of rotatable bonds is 11. The second-order valence-electron chi connectivity index (χ2n) is 9.41. The Morgan fingerprint density at radius 2 is 1.87 bits per heavy atom. The topological polar surface area (TPSA) is 34.4 Å². The van der Waals surface area contributed by atoms with Crippen LogP contribution in [0.2, 0.25) is 0 Å². The first kappa shape index (κ1) is 26.2. The summed E-state index contributed by atoms with van der Waals surface area (Å²) in [6, 6.07) is 2.49. The predicted octanol–water partition coefficient (Wildman–Crippen LogP) is 7.49. The summed E-state index contributed by atoms with van der Waals surface area (Å²) in [5, 5.41) is 3.68. The van der Waals surface area contributed by atoms with Crippen molar-refractivity contribution in [2.75, 3.05) is 6.61 Å². The Labute approximate surface area is 183 Å². The van der Waals surface area contributed by atoms with Crippen molar-refractivity contribution in [3.63, 3.8) is 0 Å². The quantitative estimate of drug-likeness (QED) is 0.298. The van der Waals surface area contributed by atoms with Gasteiger partial charge < -0.3 is 14.5 Å². The molecule has 0 fully saturated rings. The van der Waals surface area contributed by atoms with Crippen LogP contribution in [0.1, 0.15) is 91.4 Å². The predicted molar refractivity (Wildman–Crippen MR) is 126 cm³/mol. The van der Waals surface area contributed by atoms with E-state index >= 15 is 0 Å². The highest BCUT2D eigenvalue weighted by Gasteiger charge is 2.23. The average molecular weight is 420 g/mol. The first-order valence-corrected chi connectivity index (χ1v) is 11.1. The van der Waals surface area contributed by atoms with E-state index in [0.29, 0.717) is 12.2 Å². The Bertz CT molecular complexity index is 750. The summed E-state index contributed by atoms with van der Waals surface area (Å²) in [4.78, 5) is 0. The number of ether oxygens (including phenoxy) is 1. The number of hydrogen-bond acceptors (Lipinski definition) is 3. The monoisotopic (exact) mass is 419 g/mol. The fraction of sp³-hybridized carbons (Fsp3) is 0.615. The second-order valence-corrected chi connectivity index (χ2v) is 9.41. The summed E-state index contributed by atoms with van der Waals surface area (Å²) >= 11 is 0. The van der Waals surface area contributed by atoms with Gasteiger partial charge in [-0.05, 0) is 58.8 Å². The van der Waals surface area contributed by atoms with Crippen molar-refractivity contribution < 1.29 is 13.5 Å². The molecular weight excluding hydrogens is 377 g/mol. The van der Waals surface area contributed by atoms with Crippen molar-refractivity contribution in [3.8, 4) is 0 Å². The van der Waals surface area contributed by atoms with Crippen LogP contribution in [0.4, 0.5) is 4.39 Å². The molecule has 0 aliphatic heterocycles. The molecule has 3 unspecified atom stereocenters. The van der Waals surface area contributed by atoms with Gasteiger partial charge in [0.1, 0.15) is 29.6 Å². The fourth-order valence-corrected chi connectivity index (χ4v) is 3.14. The largest absolute Gasteiger partial charge is 0.490 e. The number of aryl methyl sites for hydroxylation is 1. The Balaban J connectivity index is 2.90. The maximum atomic E-state index is 14.1. The molecule has 1 rings (SSSR count). The van der Waals surface area contributed by atoms with E-state index in [0.717, 1.165) is 17.9 Å². The minimum atomic E-state index is -1.34. The molecule has 3 atom stereocenters. The van der Waals surface area contributed by atoms with Crippen LogP contribution in [0.25, 0.3) is 0 Å². The summed E-state index contributed by atoms with van der Waals surface area (Å²) in [6.07, 6.45) is 6.86. The summed E-state index contributed by atoms with van der Waals surface area (Å²) in [7, 11) is 0. The van der Waals surface area contributed by atoms with Crippen LogP contribution in [0, 0.1) is 6.92 Å². The smallest absolute Gasteiger partial charge is 0.141 e. The molecule has 1 aromatic rings. The second kappa shape index (κ2) is 11.0. The van der Waals surface area contributed by atoms with Crippen LogP contribution < -0.4 is 5.32 Å². The van der Waals surface area contributed by atoms with Gasteiger partial charge in [0, 0.05) is 23.1 Å². The van der Waals surface area contributed by atoms with Gasteiger partial charge in [0.2, 0.25) is 0 Å². The lowest BCUT2D eigenvalue weighted by atomic mass is 9.92. The third-order valence-electron chi connectivity index (χ3n) is 5.57. The molecule has 0 radical (unpaired) electrons. The summed E-state index contributed by atoms with van der Waals surface area (Å²) < 4.78 is 25.7. The van der Waals surface area contributed by atoms with E-state index in [9.17, 15) is 4.39 Å². The van der Waals surface area contributed by atoms with E-state index in [-0.39, 0.29) is 24.1 Å². The standard InChI is InChI=1S/C26H42FNO2/c1-11-21(14-15-22(12-2)29-17-26(10,27)13-3)18(4)28-19(5)23-16-24(25(7,8)9)30-20(23)6/h12,14-16,18-19,28H,2,11,13,17H2,1,3-10H3. The Hall–Kier alpha value is -1.81. The van der Waals surface area contributed by atoms with E-state index in [1.165, 1.54) is 11.1 Å². The lowest BCUT2D eigenvalue weighted by Gasteiger charge is -2.22. The molecule has 3 nitrogen and oxygen atoms in total. The molecule has 170 valence electrons. The average Bonchev–Trinajstić information content (AvgIpc) is 3.06. The van der Waals surface area contributed by atoms with Crippen molar-refractivity contribution in [3.05, 3.63) is 59.3 Å². The highest BCUT2D eigenvalue weighted by atomic mass is 19.1. The minimum Gasteiger partial charge on any atom is -0.490 e. The zero-order valence-corrected chi connectivity index (χ0v) is 20.5. The Morgan fingerprint density at radius 3 is 2.33 bits per heavy atom. The maximum Gasteiger partial charge on any atom is 0.141 e. The highest BCUT2D eigenvalue weighted by Crippen LogP contribution is 2.30. The highest BCUT2D eigenvalue weighted by molar-refractivity contribution is 5.28. The van der Waals surface area contributed by atoms with Crippen molar-refractivity contribution in [2.24, 2.45) is 0 Å². The molecule has 0 amide bonds. The summed E-state index contributed by atoms with van der Waals surface area (Å²) in [5.74, 6) is 2.55. The van der Waals surface area contributed by atoms with E-state index in [4.69, 9.17) is 9.15 Å². The molecule has 1 aromatic heterocycles. The molecule has 0 saturated heterocycles. The van der Waals surface area contributed by atoms with Crippen LogP contribution >= 0.6 is 0 Å². The fourth-order valence-electron chi connectivity index (χ4n) is 3.14. The Morgan fingerprint density at radius 1 is 1.23 bits per heavy atom. The van der Waals surface area contributed by atoms with Crippen molar-refractivity contribution >= 4 is 0 Å². The zero-order valence-electron chi connectivity index (χ0n) is 20.5. The van der Waals surface area contributed by atoms with Gasteiger partial charge in [0.05, 0.1) is 0 Å². The molecule has 4 heteroatoms. The van der Waals surface area contributed by atoms with Crippen molar-refractivity contribution in [2.45, 2.75) is 98.3 Å². The van der Waals surface area contributed by atoms with Gasteiger partial charge in [0.15, 0.2) is 0 Å². The SMILES string of the molecule is C=CC(=CC=C(CC)C(C)NC(C)c1cc(C(C)(C)C)oc1C)OCC(C)(F)CC. The van der Waals surface area contributed by atoms with E-state index in [2.05, 4.69) is 59.5 Å². The van der Waals surface area contributed by atoms with Crippen molar-refractivity contribution in [1.29, 1.82) is 0 Å². The lowest BCUT2D eigenvalue weighted by Crippen LogP contribution is -2.30.